The molecule has 2 rings (SSSR count). The largest absolute Gasteiger partial charge is 1.00 e. The molecule has 0 fully saturated rings. The summed E-state index contributed by atoms with van der Waals surface area (Å²) in [4.78, 5) is 0.282. The molecule has 2 aromatic rings. The van der Waals surface area contributed by atoms with Gasteiger partial charge in [-0.05, 0) is 40.1 Å². The van der Waals surface area contributed by atoms with E-state index in [2.05, 4.69) is 0 Å². The zero-order valence-corrected chi connectivity index (χ0v) is 11.6. The second kappa shape index (κ2) is 5.43. The van der Waals surface area contributed by atoms with Crippen molar-refractivity contribution in [1.29, 1.82) is 0 Å². The molecule has 1 atom stereocenters. The Kier molecular flexibility index (Phi) is 4.77. The van der Waals surface area contributed by atoms with E-state index in [1.165, 1.54) is 0 Å². The average molecular weight is 249 g/mol. The Morgan fingerprint density at radius 2 is 1.93 bits per heavy atom. The van der Waals surface area contributed by atoms with Crippen LogP contribution in [0.3, 0.4) is 0 Å². The summed E-state index contributed by atoms with van der Waals surface area (Å²) in [5, 5.41) is 2.07. The number of halogens is 1. The van der Waals surface area contributed by atoms with Crippen molar-refractivity contribution < 1.29 is 38.3 Å². The van der Waals surface area contributed by atoms with Crippen LogP contribution in [0.15, 0.2) is 41.3 Å². The molecule has 0 saturated carbocycles. The Labute approximate surface area is 117 Å². The van der Waals surface area contributed by atoms with Crippen molar-refractivity contribution in [3.05, 3.63) is 41.4 Å². The summed E-state index contributed by atoms with van der Waals surface area (Å²) in [5.41, 5.74) is 0. The zero-order chi connectivity index (χ0) is 10.1. The van der Waals surface area contributed by atoms with E-state index in [0.29, 0.717) is 10.4 Å². The van der Waals surface area contributed by atoms with Crippen molar-refractivity contribution in [3.8, 4) is 0 Å². The third-order valence-electron chi connectivity index (χ3n) is 1.98. The maximum atomic E-state index is 10.9. The van der Waals surface area contributed by atoms with E-state index in [9.17, 15) is 8.76 Å². The first-order valence-electron chi connectivity index (χ1n) is 3.96. The maximum absolute atomic E-state index is 10.9. The summed E-state index contributed by atoms with van der Waals surface area (Å²) >= 11 is 3.57. The molecule has 0 bridgehead atoms. The van der Waals surface area contributed by atoms with Crippen LogP contribution in [0, 0.1) is 0 Å². The van der Waals surface area contributed by atoms with E-state index in [4.69, 9.17) is 11.6 Å². The van der Waals surface area contributed by atoms with Crippen LogP contribution in [0.4, 0.5) is 0 Å². The second-order valence-electron chi connectivity index (χ2n) is 2.86. The third-order valence-corrected chi connectivity index (χ3v) is 2.93. The first-order valence-corrected chi connectivity index (χ1v) is 5.41. The van der Waals surface area contributed by atoms with E-state index in [1.807, 2.05) is 6.07 Å². The number of hydrogen-bond acceptors (Lipinski definition) is 2. The van der Waals surface area contributed by atoms with Crippen molar-refractivity contribution in [2.45, 2.75) is 4.90 Å². The Bertz CT molecular complexity index is 516. The number of benzene rings is 2. The van der Waals surface area contributed by atoms with E-state index in [-0.39, 0.29) is 34.5 Å². The number of hydrogen-bond donors (Lipinski definition) is 0. The fourth-order valence-electron chi connectivity index (χ4n) is 1.36. The molecule has 2 nitrogen and oxygen atoms in total. The minimum atomic E-state index is -2.22. The van der Waals surface area contributed by atoms with Crippen molar-refractivity contribution >= 4 is 33.5 Å². The van der Waals surface area contributed by atoms with Gasteiger partial charge in [0.2, 0.25) is 0 Å². The fourth-order valence-corrected chi connectivity index (χ4v) is 2.08. The Hall–Kier alpha value is 0.1000. The fraction of sp³-hybridized carbons (Fsp3) is 0. The molecule has 15 heavy (non-hydrogen) atoms. The summed E-state index contributed by atoms with van der Waals surface area (Å²) in [6.07, 6.45) is 0. The quantitative estimate of drug-likeness (QED) is 0.515. The van der Waals surface area contributed by atoms with Gasteiger partial charge in [0.25, 0.3) is 0 Å². The van der Waals surface area contributed by atoms with Gasteiger partial charge < -0.3 is 4.55 Å². The third kappa shape index (κ3) is 2.81. The molecule has 0 heterocycles. The Morgan fingerprint density at radius 3 is 2.60 bits per heavy atom. The summed E-state index contributed by atoms with van der Waals surface area (Å²) < 4.78 is 21.8. The van der Waals surface area contributed by atoms with E-state index in [0.717, 1.165) is 5.39 Å². The van der Waals surface area contributed by atoms with Gasteiger partial charge in [-0.15, -0.1) is 0 Å². The topological polar surface area (TPSA) is 40.1 Å². The van der Waals surface area contributed by atoms with Gasteiger partial charge in [0.1, 0.15) is 0 Å². The van der Waals surface area contributed by atoms with E-state index in [1.54, 1.807) is 30.3 Å². The normalized spacial score (nSPS) is 12.1. The molecule has 0 spiro atoms. The molecule has 0 radical (unpaired) electrons. The van der Waals surface area contributed by atoms with Gasteiger partial charge >= 0.3 is 29.6 Å². The van der Waals surface area contributed by atoms with Gasteiger partial charge in [-0.1, -0.05) is 29.8 Å². The molecule has 0 aromatic heterocycles. The molecule has 1 unspecified atom stereocenters. The molecule has 72 valence electrons. The van der Waals surface area contributed by atoms with Gasteiger partial charge in [-0.2, -0.15) is 0 Å². The van der Waals surface area contributed by atoms with Gasteiger partial charge in [0.05, 0.1) is 0 Å². The van der Waals surface area contributed by atoms with Crippen molar-refractivity contribution in [3.63, 3.8) is 0 Å². The molecule has 0 amide bonds. The van der Waals surface area contributed by atoms with E-state index >= 15 is 0 Å². The standard InChI is InChI=1S/C10H7ClO2S.Na/c11-8-5-4-7-2-1-3-10(14(12)13)9(7)6-8;/h1-6H,(H,12,13);/q;+1/p-1. The molecule has 0 aliphatic heterocycles. The Morgan fingerprint density at radius 1 is 1.20 bits per heavy atom. The minimum absolute atomic E-state index is 0. The Balaban J connectivity index is 0.00000112. The minimum Gasteiger partial charge on any atom is -0.768 e. The van der Waals surface area contributed by atoms with Crippen LogP contribution in [0.25, 0.3) is 10.8 Å². The molecule has 0 N–H and O–H groups in total. The van der Waals surface area contributed by atoms with Crippen LogP contribution in [0.5, 0.6) is 0 Å². The van der Waals surface area contributed by atoms with Crippen molar-refractivity contribution in [1.82, 2.24) is 0 Å². The average Bonchev–Trinajstić information content (AvgIpc) is 2.16. The monoisotopic (exact) mass is 248 g/mol. The van der Waals surface area contributed by atoms with Crippen LogP contribution >= 0.6 is 11.6 Å². The van der Waals surface area contributed by atoms with Crippen LogP contribution in [-0.2, 0) is 11.1 Å². The molecular formula is C10H6ClNaO2S. The molecule has 0 aliphatic carbocycles. The summed E-state index contributed by atoms with van der Waals surface area (Å²) in [6, 6.07) is 10.3. The van der Waals surface area contributed by atoms with Crippen LogP contribution in [-0.4, -0.2) is 8.76 Å². The maximum Gasteiger partial charge on any atom is 1.00 e. The van der Waals surface area contributed by atoms with Crippen LogP contribution in [0.1, 0.15) is 0 Å². The molecular weight excluding hydrogens is 243 g/mol. The summed E-state index contributed by atoms with van der Waals surface area (Å²) in [7, 11) is 0. The zero-order valence-electron chi connectivity index (χ0n) is 8.07. The predicted octanol–water partition coefficient (Wildman–Crippen LogP) is -0.265. The molecule has 2 aromatic carbocycles. The molecule has 5 heteroatoms. The van der Waals surface area contributed by atoms with Crippen LogP contribution in [0.2, 0.25) is 5.02 Å². The van der Waals surface area contributed by atoms with Crippen molar-refractivity contribution in [2.75, 3.05) is 0 Å². The van der Waals surface area contributed by atoms with Gasteiger partial charge in [0, 0.05) is 9.92 Å². The predicted molar refractivity (Wildman–Crippen MR) is 56.1 cm³/mol. The van der Waals surface area contributed by atoms with Crippen LogP contribution < -0.4 is 29.6 Å². The molecule has 0 saturated heterocycles. The smallest absolute Gasteiger partial charge is 0.768 e. The summed E-state index contributed by atoms with van der Waals surface area (Å²) in [6.45, 7) is 0. The van der Waals surface area contributed by atoms with Crippen molar-refractivity contribution in [2.24, 2.45) is 0 Å². The van der Waals surface area contributed by atoms with Gasteiger partial charge in [-0.3, -0.25) is 4.21 Å². The number of fused-ring (bicyclic) bond motifs is 1. The SMILES string of the molecule is O=S([O-])c1cccc2ccc(Cl)cc12.[Na+]. The first-order chi connectivity index (χ1) is 6.68. The van der Waals surface area contributed by atoms with Gasteiger partial charge in [0.15, 0.2) is 0 Å². The second-order valence-corrected chi connectivity index (χ2v) is 4.20. The van der Waals surface area contributed by atoms with E-state index < -0.39 is 11.1 Å². The van der Waals surface area contributed by atoms with Gasteiger partial charge in [-0.25, -0.2) is 0 Å². The molecule has 0 aliphatic rings. The number of rotatable bonds is 1. The summed E-state index contributed by atoms with van der Waals surface area (Å²) in [5.74, 6) is 0. The first kappa shape index (κ1) is 13.2.